The number of nitrogens with zero attached hydrogens (tertiary/aromatic N) is 1. The highest BCUT2D eigenvalue weighted by atomic mass is 15.1. The highest BCUT2D eigenvalue weighted by molar-refractivity contribution is 5.58. The Morgan fingerprint density at radius 3 is 2.74 bits per heavy atom. The van der Waals surface area contributed by atoms with E-state index in [1.165, 1.54) is 49.0 Å². The summed E-state index contributed by atoms with van der Waals surface area (Å²) in [5.74, 6) is 0. The van der Waals surface area contributed by atoms with Crippen molar-refractivity contribution >= 4 is 5.69 Å². The van der Waals surface area contributed by atoms with E-state index in [1.54, 1.807) is 0 Å². The van der Waals surface area contributed by atoms with Gasteiger partial charge in [-0.3, -0.25) is 0 Å². The zero-order valence-corrected chi connectivity index (χ0v) is 12.9. The number of likely N-dealkylation sites (N-methyl/N-ethyl adjacent to an activating group) is 1. The highest BCUT2D eigenvalue weighted by Crippen LogP contribution is 2.27. The zero-order valence-electron chi connectivity index (χ0n) is 12.9. The molecule has 1 aromatic rings. The van der Waals surface area contributed by atoms with Crippen LogP contribution in [-0.4, -0.2) is 25.7 Å². The third-order valence-electron chi connectivity index (χ3n) is 3.82. The lowest BCUT2D eigenvalue weighted by molar-refractivity contribution is 0.419. The third kappa shape index (κ3) is 4.24. The van der Waals surface area contributed by atoms with Gasteiger partial charge in [0, 0.05) is 24.8 Å². The Morgan fingerprint density at radius 1 is 1.21 bits per heavy atom. The number of anilines is 1. The van der Waals surface area contributed by atoms with Crippen LogP contribution < -0.4 is 10.2 Å². The van der Waals surface area contributed by atoms with Crippen molar-refractivity contribution < 1.29 is 0 Å². The number of unbranched alkanes of at least 4 members (excludes halogenated alkanes) is 1. The van der Waals surface area contributed by atoms with E-state index >= 15 is 0 Å². The van der Waals surface area contributed by atoms with Crippen LogP contribution in [0.15, 0.2) is 18.2 Å². The van der Waals surface area contributed by atoms with Crippen molar-refractivity contribution in [2.45, 2.75) is 52.0 Å². The molecule has 0 spiro atoms. The molecule has 1 heterocycles. The minimum absolute atomic E-state index is 0.248. The molecule has 0 atom stereocenters. The molecule has 2 nitrogen and oxygen atoms in total. The molecular weight excluding hydrogens is 232 g/mol. The summed E-state index contributed by atoms with van der Waals surface area (Å²) < 4.78 is 0. The second-order valence-corrected chi connectivity index (χ2v) is 6.77. The number of rotatable bonds is 5. The predicted octanol–water partition coefficient (Wildman–Crippen LogP) is 3.39. The summed E-state index contributed by atoms with van der Waals surface area (Å²) in [7, 11) is 2.18. The van der Waals surface area contributed by atoms with Crippen LogP contribution in [-0.2, 0) is 12.8 Å². The van der Waals surface area contributed by atoms with Crippen molar-refractivity contribution in [1.29, 1.82) is 0 Å². The van der Waals surface area contributed by atoms with Crippen LogP contribution >= 0.6 is 0 Å². The van der Waals surface area contributed by atoms with Crippen molar-refractivity contribution in [1.82, 2.24) is 5.32 Å². The van der Waals surface area contributed by atoms with Crippen molar-refractivity contribution in [2.24, 2.45) is 0 Å². The van der Waals surface area contributed by atoms with Gasteiger partial charge in [-0.05, 0) is 70.2 Å². The first-order chi connectivity index (χ1) is 8.96. The maximum absolute atomic E-state index is 3.55. The van der Waals surface area contributed by atoms with Crippen LogP contribution in [0.2, 0.25) is 0 Å². The van der Waals surface area contributed by atoms with Gasteiger partial charge in [0.15, 0.2) is 0 Å². The lowest BCUT2D eigenvalue weighted by Crippen LogP contribution is -2.36. The average molecular weight is 260 g/mol. The summed E-state index contributed by atoms with van der Waals surface area (Å²) in [5, 5.41) is 3.55. The Kier molecular flexibility index (Phi) is 4.51. The van der Waals surface area contributed by atoms with Crippen LogP contribution in [0.5, 0.6) is 0 Å². The number of nitrogens with one attached hydrogen (secondary N) is 1. The maximum Gasteiger partial charge on any atom is 0.0397 e. The van der Waals surface area contributed by atoms with E-state index in [0.717, 1.165) is 6.54 Å². The van der Waals surface area contributed by atoms with Crippen LogP contribution in [0.25, 0.3) is 0 Å². The van der Waals surface area contributed by atoms with Crippen molar-refractivity contribution in [3.63, 3.8) is 0 Å². The molecule has 1 aliphatic rings. The third-order valence-corrected chi connectivity index (χ3v) is 3.82. The summed E-state index contributed by atoms with van der Waals surface area (Å²) in [6, 6.07) is 7.01. The van der Waals surface area contributed by atoms with E-state index in [1.807, 2.05) is 0 Å². The fourth-order valence-corrected chi connectivity index (χ4v) is 2.69. The monoisotopic (exact) mass is 260 g/mol. The van der Waals surface area contributed by atoms with Gasteiger partial charge in [-0.25, -0.2) is 0 Å². The lowest BCUT2D eigenvalue weighted by Gasteiger charge is -2.20. The van der Waals surface area contributed by atoms with Crippen LogP contribution in [0.4, 0.5) is 5.69 Å². The zero-order chi connectivity index (χ0) is 13.9. The Morgan fingerprint density at radius 2 is 2.00 bits per heavy atom. The van der Waals surface area contributed by atoms with E-state index in [0.29, 0.717) is 0 Å². The Bertz CT molecular complexity index is 418. The molecule has 106 valence electrons. The molecule has 0 radical (unpaired) electrons. The molecule has 19 heavy (non-hydrogen) atoms. The molecule has 1 aromatic carbocycles. The van der Waals surface area contributed by atoms with E-state index in [9.17, 15) is 0 Å². The summed E-state index contributed by atoms with van der Waals surface area (Å²) in [6.45, 7) is 8.98. The van der Waals surface area contributed by atoms with Gasteiger partial charge < -0.3 is 10.2 Å². The van der Waals surface area contributed by atoms with Crippen LogP contribution in [0.1, 0.15) is 44.7 Å². The van der Waals surface area contributed by atoms with Gasteiger partial charge in [0.25, 0.3) is 0 Å². The predicted molar refractivity (Wildman–Crippen MR) is 84.1 cm³/mol. The first kappa shape index (κ1) is 14.4. The molecule has 2 rings (SSSR count). The number of hydrogen-bond donors (Lipinski definition) is 1. The summed E-state index contributed by atoms with van der Waals surface area (Å²) in [4.78, 5) is 2.35. The fourth-order valence-electron chi connectivity index (χ4n) is 2.69. The second-order valence-electron chi connectivity index (χ2n) is 6.77. The van der Waals surface area contributed by atoms with Gasteiger partial charge in [-0.15, -0.1) is 0 Å². The molecular formula is C17H28N2. The maximum atomic E-state index is 3.55. The van der Waals surface area contributed by atoms with Gasteiger partial charge in [-0.1, -0.05) is 12.1 Å². The van der Waals surface area contributed by atoms with E-state index in [2.05, 4.69) is 56.2 Å². The molecule has 1 aliphatic heterocycles. The summed E-state index contributed by atoms with van der Waals surface area (Å²) in [5.41, 5.74) is 4.72. The van der Waals surface area contributed by atoms with Gasteiger partial charge in [0.2, 0.25) is 0 Å². The SMILES string of the molecule is CN1CCc2cc(CCCCNC(C)(C)C)ccc21. The minimum Gasteiger partial charge on any atom is -0.374 e. The Balaban J connectivity index is 1.75. The van der Waals surface area contributed by atoms with E-state index in [4.69, 9.17) is 0 Å². The molecule has 0 saturated carbocycles. The molecule has 0 aliphatic carbocycles. The summed E-state index contributed by atoms with van der Waals surface area (Å²) >= 11 is 0. The van der Waals surface area contributed by atoms with Crippen molar-refractivity contribution in [3.8, 4) is 0 Å². The molecule has 1 N–H and O–H groups in total. The number of fused-ring (bicyclic) bond motifs is 1. The van der Waals surface area contributed by atoms with Crippen molar-refractivity contribution in [3.05, 3.63) is 29.3 Å². The standard InChI is InChI=1S/C17H28N2/c1-17(2,3)18-11-6-5-7-14-8-9-16-15(13-14)10-12-19(16)4/h8-9,13,18H,5-7,10-12H2,1-4H3. The molecule has 2 heteroatoms. The quantitative estimate of drug-likeness (QED) is 0.816. The molecule has 0 amide bonds. The summed E-state index contributed by atoms with van der Waals surface area (Å²) in [6.07, 6.45) is 4.96. The van der Waals surface area contributed by atoms with Gasteiger partial charge in [0.1, 0.15) is 0 Å². The Hall–Kier alpha value is -1.02. The van der Waals surface area contributed by atoms with Crippen LogP contribution in [0.3, 0.4) is 0 Å². The van der Waals surface area contributed by atoms with Crippen molar-refractivity contribution in [2.75, 3.05) is 25.0 Å². The molecule has 0 fully saturated rings. The second kappa shape index (κ2) is 5.96. The first-order valence-corrected chi connectivity index (χ1v) is 7.54. The molecule has 0 saturated heterocycles. The van der Waals surface area contributed by atoms with Gasteiger partial charge in [0.05, 0.1) is 0 Å². The molecule has 0 bridgehead atoms. The largest absolute Gasteiger partial charge is 0.374 e. The lowest BCUT2D eigenvalue weighted by atomic mass is 10.0. The number of benzene rings is 1. The highest BCUT2D eigenvalue weighted by Gasteiger charge is 2.15. The van der Waals surface area contributed by atoms with Gasteiger partial charge in [-0.2, -0.15) is 0 Å². The molecule has 0 unspecified atom stereocenters. The fraction of sp³-hybridized carbons (Fsp3) is 0.647. The van der Waals surface area contributed by atoms with Crippen LogP contribution in [0, 0.1) is 0 Å². The average Bonchev–Trinajstić information content (AvgIpc) is 2.69. The van der Waals surface area contributed by atoms with E-state index in [-0.39, 0.29) is 5.54 Å². The number of aryl methyl sites for hydroxylation is 1. The minimum atomic E-state index is 0.248. The normalized spacial score (nSPS) is 14.8. The van der Waals surface area contributed by atoms with E-state index < -0.39 is 0 Å². The Labute approximate surface area is 118 Å². The smallest absolute Gasteiger partial charge is 0.0397 e. The topological polar surface area (TPSA) is 15.3 Å². The number of hydrogen-bond acceptors (Lipinski definition) is 2. The van der Waals surface area contributed by atoms with Gasteiger partial charge >= 0.3 is 0 Å². The first-order valence-electron chi connectivity index (χ1n) is 7.54. The molecule has 0 aromatic heterocycles.